The topological polar surface area (TPSA) is 95.9 Å². The van der Waals surface area contributed by atoms with E-state index in [1.165, 1.54) is 18.9 Å². The number of ether oxygens (including phenoxy) is 1. The highest BCUT2D eigenvalue weighted by Gasteiger charge is 2.29. The molecule has 7 heteroatoms. The lowest BCUT2D eigenvalue weighted by Crippen LogP contribution is -2.47. The van der Waals surface area contributed by atoms with E-state index in [4.69, 9.17) is 9.84 Å². The molecule has 30 heavy (non-hydrogen) atoms. The summed E-state index contributed by atoms with van der Waals surface area (Å²) in [6.07, 6.45) is -0.683. The number of carbonyl (C=O) groups is 3. The van der Waals surface area contributed by atoms with Gasteiger partial charge in [-0.3, -0.25) is 9.59 Å². The molecule has 2 unspecified atom stereocenters. The highest BCUT2D eigenvalue weighted by atomic mass is 16.5. The van der Waals surface area contributed by atoms with Crippen LogP contribution in [-0.4, -0.2) is 54.2 Å². The van der Waals surface area contributed by atoms with E-state index in [1.807, 2.05) is 36.4 Å². The van der Waals surface area contributed by atoms with Gasteiger partial charge in [0.15, 0.2) is 0 Å². The smallest absolute Gasteiger partial charge is 0.407 e. The number of likely N-dealkylation sites (N-methyl/N-ethyl adjacent to an activating group) is 1. The summed E-state index contributed by atoms with van der Waals surface area (Å²) in [5.74, 6) is -2.11. The van der Waals surface area contributed by atoms with E-state index in [1.54, 1.807) is 6.92 Å². The number of benzene rings is 2. The Morgan fingerprint density at radius 1 is 1.03 bits per heavy atom. The van der Waals surface area contributed by atoms with E-state index in [0.29, 0.717) is 0 Å². The summed E-state index contributed by atoms with van der Waals surface area (Å²) in [6.45, 7) is 3.29. The number of rotatable bonds is 7. The van der Waals surface area contributed by atoms with Gasteiger partial charge in [0.2, 0.25) is 5.91 Å². The lowest BCUT2D eigenvalue weighted by atomic mass is 9.98. The first kappa shape index (κ1) is 21.4. The van der Waals surface area contributed by atoms with E-state index in [2.05, 4.69) is 17.4 Å². The lowest BCUT2D eigenvalue weighted by Gasteiger charge is -2.23. The Morgan fingerprint density at radius 3 is 2.10 bits per heavy atom. The van der Waals surface area contributed by atoms with Crippen molar-refractivity contribution in [3.63, 3.8) is 0 Å². The molecule has 0 heterocycles. The third-order valence-electron chi connectivity index (χ3n) is 5.39. The third kappa shape index (κ3) is 4.45. The van der Waals surface area contributed by atoms with Gasteiger partial charge in [-0.25, -0.2) is 4.79 Å². The Labute approximate surface area is 175 Å². The van der Waals surface area contributed by atoms with Crippen molar-refractivity contribution >= 4 is 18.0 Å². The molecule has 2 aromatic carbocycles. The number of aliphatic carboxylic acids is 1. The number of nitrogens with one attached hydrogen (secondary N) is 1. The van der Waals surface area contributed by atoms with Gasteiger partial charge in [0.1, 0.15) is 12.6 Å². The normalized spacial score (nSPS) is 14.2. The molecule has 0 spiro atoms. The van der Waals surface area contributed by atoms with E-state index in [9.17, 15) is 14.4 Å². The fourth-order valence-electron chi connectivity index (χ4n) is 3.79. The fourth-order valence-corrected chi connectivity index (χ4v) is 3.79. The summed E-state index contributed by atoms with van der Waals surface area (Å²) in [7, 11) is 1.51. The first-order valence-corrected chi connectivity index (χ1v) is 9.89. The van der Waals surface area contributed by atoms with Crippen LogP contribution < -0.4 is 5.32 Å². The molecule has 158 valence electrons. The number of alkyl carbamates (subject to hydrolysis) is 1. The first-order chi connectivity index (χ1) is 14.3. The number of carbonyl (C=O) groups excluding carboxylic acids is 2. The molecule has 0 saturated carbocycles. The van der Waals surface area contributed by atoms with Gasteiger partial charge in [-0.2, -0.15) is 0 Å². The Kier molecular flexibility index (Phi) is 6.40. The van der Waals surface area contributed by atoms with Gasteiger partial charge in [-0.15, -0.1) is 0 Å². The van der Waals surface area contributed by atoms with Crippen LogP contribution in [0, 0.1) is 5.92 Å². The molecule has 2 atom stereocenters. The lowest BCUT2D eigenvalue weighted by molar-refractivity contribution is -0.143. The van der Waals surface area contributed by atoms with Crippen LogP contribution in [0.2, 0.25) is 0 Å². The zero-order chi connectivity index (χ0) is 21.8. The molecule has 0 aromatic heterocycles. The van der Waals surface area contributed by atoms with Gasteiger partial charge in [-0.05, 0) is 29.2 Å². The van der Waals surface area contributed by atoms with Crippen molar-refractivity contribution in [3.8, 4) is 11.1 Å². The maximum atomic E-state index is 12.4. The first-order valence-electron chi connectivity index (χ1n) is 9.89. The van der Waals surface area contributed by atoms with Gasteiger partial charge in [0, 0.05) is 19.5 Å². The second kappa shape index (κ2) is 8.98. The van der Waals surface area contributed by atoms with Crippen molar-refractivity contribution in [2.45, 2.75) is 25.8 Å². The molecule has 0 saturated heterocycles. The second-order valence-electron chi connectivity index (χ2n) is 7.65. The van der Waals surface area contributed by atoms with Gasteiger partial charge in [0.05, 0.1) is 5.92 Å². The second-order valence-corrected chi connectivity index (χ2v) is 7.65. The molecule has 1 aliphatic carbocycles. The molecule has 1 aliphatic rings. The van der Waals surface area contributed by atoms with Crippen molar-refractivity contribution < 1.29 is 24.2 Å². The Morgan fingerprint density at radius 2 is 1.57 bits per heavy atom. The number of nitrogens with zero attached hydrogens (tertiary/aromatic N) is 1. The zero-order valence-corrected chi connectivity index (χ0v) is 17.3. The van der Waals surface area contributed by atoms with Crippen LogP contribution in [0.3, 0.4) is 0 Å². The van der Waals surface area contributed by atoms with Gasteiger partial charge in [-0.1, -0.05) is 55.5 Å². The molecule has 7 nitrogen and oxygen atoms in total. The molecule has 0 aliphatic heterocycles. The third-order valence-corrected chi connectivity index (χ3v) is 5.39. The van der Waals surface area contributed by atoms with E-state index < -0.39 is 24.0 Å². The van der Waals surface area contributed by atoms with Crippen LogP contribution in [-0.2, 0) is 14.3 Å². The van der Waals surface area contributed by atoms with Gasteiger partial charge in [0.25, 0.3) is 0 Å². The number of hydrogen-bond donors (Lipinski definition) is 2. The molecule has 2 N–H and O–H groups in total. The van der Waals surface area contributed by atoms with Crippen LogP contribution in [0.25, 0.3) is 11.1 Å². The van der Waals surface area contributed by atoms with Gasteiger partial charge >= 0.3 is 12.1 Å². The molecule has 0 bridgehead atoms. The minimum Gasteiger partial charge on any atom is -0.481 e. The number of amides is 2. The van der Waals surface area contributed by atoms with Crippen LogP contribution in [0.4, 0.5) is 4.79 Å². The average molecular weight is 410 g/mol. The summed E-state index contributed by atoms with van der Waals surface area (Å²) in [4.78, 5) is 36.9. The van der Waals surface area contributed by atoms with E-state index in [0.717, 1.165) is 22.3 Å². The maximum absolute atomic E-state index is 12.4. The molecule has 0 radical (unpaired) electrons. The largest absolute Gasteiger partial charge is 0.481 e. The van der Waals surface area contributed by atoms with Crippen molar-refractivity contribution in [1.82, 2.24) is 10.2 Å². The number of carboxylic acid groups (broad SMARTS) is 1. The summed E-state index contributed by atoms with van der Waals surface area (Å²) in [6, 6.07) is 15.3. The molecule has 0 fully saturated rings. The number of hydrogen-bond acceptors (Lipinski definition) is 4. The predicted octanol–water partition coefficient (Wildman–Crippen LogP) is 3.09. The predicted molar refractivity (Wildman–Crippen MR) is 112 cm³/mol. The van der Waals surface area contributed by atoms with Crippen molar-refractivity contribution in [2.24, 2.45) is 5.92 Å². The van der Waals surface area contributed by atoms with E-state index in [-0.39, 0.29) is 25.0 Å². The van der Waals surface area contributed by atoms with Crippen LogP contribution in [0.15, 0.2) is 48.5 Å². The molecule has 2 amide bonds. The minimum atomic E-state index is -0.980. The Bertz CT molecular complexity index is 913. The molecule has 3 rings (SSSR count). The van der Waals surface area contributed by atoms with Crippen molar-refractivity contribution in [3.05, 3.63) is 59.7 Å². The fraction of sp³-hybridized carbons (Fsp3) is 0.348. The number of fused-ring (bicyclic) bond motifs is 3. The van der Waals surface area contributed by atoms with Crippen LogP contribution in [0.1, 0.15) is 30.9 Å². The summed E-state index contributed by atoms with van der Waals surface area (Å²) in [5.41, 5.74) is 4.50. The standard InChI is InChI=1S/C23H26N2O5/c1-14(22(27)28)12-25(3)21(26)15(2)24-23(29)30-13-20-18-10-6-4-8-16(18)17-9-5-7-11-19(17)20/h4-11,14-15,20H,12-13H2,1-3H3,(H,24,29)(H,27,28). The average Bonchev–Trinajstić information content (AvgIpc) is 3.05. The quantitative estimate of drug-likeness (QED) is 0.731. The van der Waals surface area contributed by atoms with Crippen molar-refractivity contribution in [1.29, 1.82) is 0 Å². The summed E-state index contributed by atoms with van der Waals surface area (Å²) < 4.78 is 5.44. The summed E-state index contributed by atoms with van der Waals surface area (Å²) in [5, 5.41) is 11.5. The summed E-state index contributed by atoms with van der Waals surface area (Å²) >= 11 is 0. The highest BCUT2D eigenvalue weighted by Crippen LogP contribution is 2.44. The molecule has 2 aromatic rings. The maximum Gasteiger partial charge on any atom is 0.407 e. The van der Waals surface area contributed by atoms with Crippen LogP contribution in [0.5, 0.6) is 0 Å². The van der Waals surface area contributed by atoms with Gasteiger partial charge < -0.3 is 20.1 Å². The monoisotopic (exact) mass is 410 g/mol. The minimum absolute atomic E-state index is 0.0604. The molecular weight excluding hydrogens is 384 g/mol. The highest BCUT2D eigenvalue weighted by molar-refractivity contribution is 5.85. The molecular formula is C23H26N2O5. The van der Waals surface area contributed by atoms with Crippen LogP contribution >= 0.6 is 0 Å². The Balaban J connectivity index is 1.58. The zero-order valence-electron chi connectivity index (χ0n) is 17.3. The van der Waals surface area contributed by atoms with Crippen molar-refractivity contribution in [2.75, 3.05) is 20.2 Å². The Hall–Kier alpha value is -3.35. The van der Waals surface area contributed by atoms with E-state index >= 15 is 0 Å². The SMILES string of the molecule is CC(CN(C)C(=O)C(C)NC(=O)OCC1c2ccccc2-c2ccccc21)C(=O)O. The number of carboxylic acids is 1.